The van der Waals surface area contributed by atoms with Gasteiger partial charge in [-0.15, -0.1) is 0 Å². The number of hydrogen-bond donors (Lipinski definition) is 1. The van der Waals surface area contributed by atoms with E-state index in [1.807, 2.05) is 36.4 Å². The van der Waals surface area contributed by atoms with Crippen LogP contribution in [-0.2, 0) is 16.4 Å². The van der Waals surface area contributed by atoms with Crippen LogP contribution in [-0.4, -0.2) is 38.1 Å². The van der Waals surface area contributed by atoms with Crippen LogP contribution in [0.2, 0.25) is 0 Å². The van der Waals surface area contributed by atoms with Gasteiger partial charge in [-0.05, 0) is 61.6 Å². The highest BCUT2D eigenvalue weighted by atomic mass is 32.2. The van der Waals surface area contributed by atoms with E-state index in [0.29, 0.717) is 35.6 Å². The summed E-state index contributed by atoms with van der Waals surface area (Å²) in [5, 5.41) is 3.51. The Labute approximate surface area is 160 Å². The van der Waals surface area contributed by atoms with Gasteiger partial charge in [0, 0.05) is 24.8 Å². The van der Waals surface area contributed by atoms with Crippen LogP contribution in [0.15, 0.2) is 42.6 Å². The molecule has 0 spiro atoms. The van der Waals surface area contributed by atoms with Crippen molar-refractivity contribution in [3.8, 4) is 17.4 Å². The predicted molar refractivity (Wildman–Crippen MR) is 105 cm³/mol. The van der Waals surface area contributed by atoms with Crippen LogP contribution in [0.25, 0.3) is 0 Å². The van der Waals surface area contributed by atoms with Gasteiger partial charge in [-0.1, -0.05) is 0 Å². The van der Waals surface area contributed by atoms with E-state index < -0.39 is 9.84 Å². The first-order chi connectivity index (χ1) is 12.9. The molecule has 1 aliphatic heterocycles. The molecule has 2 aromatic rings. The number of pyridine rings is 1. The predicted octanol–water partition coefficient (Wildman–Crippen LogP) is 3.19. The second-order valence-corrected chi connectivity index (χ2v) is 9.24. The summed E-state index contributed by atoms with van der Waals surface area (Å²) in [6, 6.07) is 11.5. The van der Waals surface area contributed by atoms with Crippen molar-refractivity contribution in [1.82, 2.24) is 10.3 Å². The van der Waals surface area contributed by atoms with E-state index in [0.717, 1.165) is 24.2 Å². The average molecular weight is 391 g/mol. The standard InChI is InChI=1S/C20H26N2O4S/c1-15(17-8-11-27(23,24)12-9-17)22-14-16-7-10-21-20(13-16)26-19-5-3-18(25-2)4-6-19/h3-7,10,13,15,17,22H,8-9,11-12,14H2,1-2H3. The van der Waals surface area contributed by atoms with Gasteiger partial charge in [0.25, 0.3) is 0 Å². The third-order valence-electron chi connectivity index (χ3n) is 5.02. The minimum Gasteiger partial charge on any atom is -0.497 e. The van der Waals surface area contributed by atoms with Gasteiger partial charge in [-0.25, -0.2) is 13.4 Å². The Morgan fingerprint density at radius 1 is 1.15 bits per heavy atom. The van der Waals surface area contributed by atoms with Crippen molar-refractivity contribution in [3.05, 3.63) is 48.2 Å². The SMILES string of the molecule is COc1ccc(Oc2cc(CNC(C)C3CCS(=O)(=O)CC3)ccn2)cc1. The number of aromatic nitrogens is 1. The van der Waals surface area contributed by atoms with Crippen LogP contribution in [0.5, 0.6) is 17.4 Å². The number of ether oxygens (including phenoxy) is 2. The highest BCUT2D eigenvalue weighted by Gasteiger charge is 2.27. The second-order valence-electron chi connectivity index (χ2n) is 6.94. The van der Waals surface area contributed by atoms with Gasteiger partial charge in [-0.3, -0.25) is 0 Å². The monoisotopic (exact) mass is 390 g/mol. The third-order valence-corrected chi connectivity index (χ3v) is 6.73. The molecule has 146 valence electrons. The van der Waals surface area contributed by atoms with E-state index in [1.54, 1.807) is 13.3 Å². The lowest BCUT2D eigenvalue weighted by atomic mass is 9.95. The van der Waals surface area contributed by atoms with Crippen LogP contribution in [0.1, 0.15) is 25.3 Å². The maximum atomic E-state index is 11.6. The molecular formula is C20H26N2O4S. The maximum Gasteiger partial charge on any atom is 0.219 e. The third kappa shape index (κ3) is 5.68. The Kier molecular flexibility index (Phi) is 6.34. The van der Waals surface area contributed by atoms with Crippen molar-refractivity contribution in [1.29, 1.82) is 0 Å². The Balaban J connectivity index is 1.54. The largest absolute Gasteiger partial charge is 0.497 e. The Morgan fingerprint density at radius 2 is 1.81 bits per heavy atom. The fourth-order valence-corrected chi connectivity index (χ4v) is 4.76. The molecule has 1 N–H and O–H groups in total. The van der Waals surface area contributed by atoms with E-state index in [9.17, 15) is 8.42 Å². The summed E-state index contributed by atoms with van der Waals surface area (Å²) in [7, 11) is -1.19. The molecule has 2 heterocycles. The highest BCUT2D eigenvalue weighted by molar-refractivity contribution is 7.91. The summed E-state index contributed by atoms with van der Waals surface area (Å²) in [5.41, 5.74) is 1.07. The van der Waals surface area contributed by atoms with E-state index in [4.69, 9.17) is 9.47 Å². The molecule has 1 fully saturated rings. The lowest BCUT2D eigenvalue weighted by Crippen LogP contribution is -2.38. The minimum atomic E-state index is -2.82. The Bertz CT molecular complexity index is 839. The molecule has 6 nitrogen and oxygen atoms in total. The number of nitrogens with one attached hydrogen (secondary N) is 1. The number of hydrogen-bond acceptors (Lipinski definition) is 6. The molecule has 0 aliphatic carbocycles. The fraction of sp³-hybridized carbons (Fsp3) is 0.450. The highest BCUT2D eigenvalue weighted by Crippen LogP contribution is 2.24. The van der Waals surface area contributed by atoms with Crippen LogP contribution in [0.3, 0.4) is 0 Å². The molecule has 1 saturated heterocycles. The van der Waals surface area contributed by atoms with E-state index in [-0.39, 0.29) is 6.04 Å². The zero-order valence-corrected chi connectivity index (χ0v) is 16.5. The zero-order valence-electron chi connectivity index (χ0n) is 15.7. The second kappa shape index (κ2) is 8.71. The lowest BCUT2D eigenvalue weighted by Gasteiger charge is -2.28. The first-order valence-corrected chi connectivity index (χ1v) is 11.0. The van der Waals surface area contributed by atoms with Crippen molar-refractivity contribution in [2.24, 2.45) is 5.92 Å². The zero-order chi connectivity index (χ0) is 19.3. The number of sulfone groups is 1. The summed E-state index contributed by atoms with van der Waals surface area (Å²) >= 11 is 0. The Hall–Kier alpha value is -2.12. The van der Waals surface area contributed by atoms with Gasteiger partial charge in [0.15, 0.2) is 0 Å². The summed E-state index contributed by atoms with van der Waals surface area (Å²) in [4.78, 5) is 4.26. The van der Waals surface area contributed by atoms with Gasteiger partial charge in [0.1, 0.15) is 21.3 Å². The van der Waals surface area contributed by atoms with Crippen molar-refractivity contribution in [2.75, 3.05) is 18.6 Å². The van der Waals surface area contributed by atoms with Gasteiger partial charge in [0.2, 0.25) is 5.88 Å². The minimum absolute atomic E-state index is 0.264. The van der Waals surface area contributed by atoms with Gasteiger partial charge >= 0.3 is 0 Å². The van der Waals surface area contributed by atoms with Gasteiger partial charge in [-0.2, -0.15) is 0 Å². The molecule has 0 amide bonds. The van der Waals surface area contributed by atoms with Crippen molar-refractivity contribution in [3.63, 3.8) is 0 Å². The first kappa shape index (κ1) is 19.6. The van der Waals surface area contributed by atoms with E-state index >= 15 is 0 Å². The lowest BCUT2D eigenvalue weighted by molar-refractivity contribution is 0.344. The van der Waals surface area contributed by atoms with Crippen molar-refractivity contribution in [2.45, 2.75) is 32.4 Å². The molecule has 1 atom stereocenters. The molecule has 3 rings (SSSR count). The molecule has 0 saturated carbocycles. The van der Waals surface area contributed by atoms with E-state index in [2.05, 4.69) is 17.2 Å². The van der Waals surface area contributed by atoms with Gasteiger partial charge in [0.05, 0.1) is 18.6 Å². The molecular weight excluding hydrogens is 364 g/mol. The number of methoxy groups -OCH3 is 1. The molecule has 0 radical (unpaired) electrons. The normalized spacial score (nSPS) is 18.0. The number of benzene rings is 1. The van der Waals surface area contributed by atoms with Crippen LogP contribution in [0.4, 0.5) is 0 Å². The molecule has 0 bridgehead atoms. The van der Waals surface area contributed by atoms with Crippen LogP contribution < -0.4 is 14.8 Å². The molecule has 1 aromatic heterocycles. The van der Waals surface area contributed by atoms with E-state index in [1.165, 1.54) is 0 Å². The summed E-state index contributed by atoms with van der Waals surface area (Å²) in [5.74, 6) is 3.02. The van der Waals surface area contributed by atoms with Crippen molar-refractivity contribution < 1.29 is 17.9 Å². The molecule has 1 aromatic carbocycles. The summed E-state index contributed by atoms with van der Waals surface area (Å²) in [6.07, 6.45) is 3.20. The molecule has 27 heavy (non-hydrogen) atoms. The fourth-order valence-electron chi connectivity index (χ4n) is 3.23. The molecule has 1 unspecified atom stereocenters. The topological polar surface area (TPSA) is 77.5 Å². The quantitative estimate of drug-likeness (QED) is 0.782. The molecule has 7 heteroatoms. The first-order valence-electron chi connectivity index (χ1n) is 9.16. The van der Waals surface area contributed by atoms with Crippen LogP contribution in [0, 0.1) is 5.92 Å². The Morgan fingerprint density at radius 3 is 2.48 bits per heavy atom. The smallest absolute Gasteiger partial charge is 0.219 e. The maximum absolute atomic E-state index is 11.6. The number of rotatable bonds is 7. The van der Waals surface area contributed by atoms with Gasteiger partial charge < -0.3 is 14.8 Å². The average Bonchev–Trinajstić information content (AvgIpc) is 2.67. The van der Waals surface area contributed by atoms with Crippen molar-refractivity contribution >= 4 is 9.84 Å². The summed E-state index contributed by atoms with van der Waals surface area (Å²) in [6.45, 7) is 2.81. The van der Waals surface area contributed by atoms with Crippen LogP contribution >= 0.6 is 0 Å². The number of nitrogens with zero attached hydrogens (tertiary/aromatic N) is 1. The summed E-state index contributed by atoms with van der Waals surface area (Å²) < 4.78 is 34.1. The molecule has 1 aliphatic rings.